The fourth-order valence-electron chi connectivity index (χ4n) is 2.47. The fourth-order valence-corrected chi connectivity index (χ4v) is 2.47. The molecule has 1 aromatic rings. The second kappa shape index (κ2) is 6.02. The van der Waals surface area contributed by atoms with Crippen molar-refractivity contribution in [1.29, 1.82) is 0 Å². The Morgan fingerprint density at radius 3 is 3.00 bits per heavy atom. The maximum Gasteiger partial charge on any atom is 0.260 e. The van der Waals surface area contributed by atoms with Crippen LogP contribution in [0.5, 0.6) is 0 Å². The molecule has 0 saturated carbocycles. The average molecular weight is 263 g/mol. The third kappa shape index (κ3) is 3.44. The molecule has 5 nitrogen and oxygen atoms in total. The van der Waals surface area contributed by atoms with Gasteiger partial charge in [0.25, 0.3) is 11.5 Å². The molecule has 0 bridgehead atoms. The number of piperidine rings is 1. The van der Waals surface area contributed by atoms with Crippen LogP contribution in [0.2, 0.25) is 0 Å². The van der Waals surface area contributed by atoms with Gasteiger partial charge in [-0.3, -0.25) is 9.59 Å². The molecule has 1 saturated heterocycles. The quantitative estimate of drug-likeness (QED) is 0.851. The summed E-state index contributed by atoms with van der Waals surface area (Å²) < 4.78 is 0. The Morgan fingerprint density at radius 1 is 1.53 bits per heavy atom. The third-order valence-electron chi connectivity index (χ3n) is 3.59. The van der Waals surface area contributed by atoms with Crippen LogP contribution in [0.1, 0.15) is 35.8 Å². The minimum absolute atomic E-state index is 0.141. The molecule has 1 aliphatic heterocycles. The standard InChI is InChI=1S/C14H21N3O2/c1-3-17-8-4-5-11(9-17)16-14(19)12-7-6-10(2)15-13(12)18/h6-7,11H,3-5,8-9H2,1-2H3,(H,15,18)(H,16,19)/t11-/m1/s1. The van der Waals surface area contributed by atoms with Crippen molar-refractivity contribution in [3.63, 3.8) is 0 Å². The van der Waals surface area contributed by atoms with Crippen LogP contribution in [0.4, 0.5) is 0 Å². The molecule has 1 amide bonds. The van der Waals surface area contributed by atoms with E-state index in [1.54, 1.807) is 19.1 Å². The highest BCUT2D eigenvalue weighted by atomic mass is 16.2. The SMILES string of the molecule is CCN1CCC[C@@H](NC(=O)c2ccc(C)[nH]c2=O)C1. The van der Waals surface area contributed by atoms with Crippen LogP contribution in [0.25, 0.3) is 0 Å². The van der Waals surface area contributed by atoms with E-state index < -0.39 is 0 Å². The van der Waals surface area contributed by atoms with Crippen LogP contribution in [0, 0.1) is 6.92 Å². The molecule has 1 aliphatic rings. The molecule has 2 rings (SSSR count). The molecule has 2 heterocycles. The van der Waals surface area contributed by atoms with E-state index in [2.05, 4.69) is 22.1 Å². The van der Waals surface area contributed by atoms with E-state index in [1.165, 1.54) is 0 Å². The highest BCUT2D eigenvalue weighted by Crippen LogP contribution is 2.10. The Morgan fingerprint density at radius 2 is 2.32 bits per heavy atom. The second-order valence-electron chi connectivity index (χ2n) is 5.09. The second-order valence-corrected chi connectivity index (χ2v) is 5.09. The van der Waals surface area contributed by atoms with Crippen LogP contribution >= 0.6 is 0 Å². The van der Waals surface area contributed by atoms with Crippen molar-refractivity contribution < 1.29 is 4.79 Å². The average Bonchev–Trinajstić information content (AvgIpc) is 2.38. The van der Waals surface area contributed by atoms with Gasteiger partial charge in [0.2, 0.25) is 0 Å². The number of likely N-dealkylation sites (N-methyl/N-ethyl adjacent to an activating group) is 1. The maximum absolute atomic E-state index is 12.1. The number of H-pyrrole nitrogens is 1. The Bertz CT molecular complexity index is 510. The molecule has 1 fully saturated rings. The van der Waals surface area contributed by atoms with E-state index in [9.17, 15) is 9.59 Å². The Kier molecular flexibility index (Phi) is 4.37. The largest absolute Gasteiger partial charge is 0.348 e. The van der Waals surface area contributed by atoms with Gasteiger partial charge in [0.05, 0.1) is 0 Å². The minimum Gasteiger partial charge on any atom is -0.348 e. The summed E-state index contributed by atoms with van der Waals surface area (Å²) >= 11 is 0. The molecule has 0 unspecified atom stereocenters. The molecule has 0 radical (unpaired) electrons. The van der Waals surface area contributed by atoms with Crippen molar-refractivity contribution >= 4 is 5.91 Å². The Balaban J connectivity index is 2.02. The molecule has 0 aromatic carbocycles. The first-order valence-electron chi connectivity index (χ1n) is 6.83. The van der Waals surface area contributed by atoms with E-state index in [4.69, 9.17) is 0 Å². The van der Waals surface area contributed by atoms with E-state index in [0.717, 1.165) is 38.2 Å². The van der Waals surface area contributed by atoms with Crippen LogP contribution in [0.15, 0.2) is 16.9 Å². The van der Waals surface area contributed by atoms with Gasteiger partial charge in [-0.1, -0.05) is 6.92 Å². The van der Waals surface area contributed by atoms with Crippen molar-refractivity contribution in [2.24, 2.45) is 0 Å². The van der Waals surface area contributed by atoms with Gasteiger partial charge < -0.3 is 15.2 Å². The molecule has 0 spiro atoms. The van der Waals surface area contributed by atoms with Crippen molar-refractivity contribution in [1.82, 2.24) is 15.2 Å². The molecule has 1 aromatic heterocycles. The molecule has 5 heteroatoms. The number of aryl methyl sites for hydroxylation is 1. The van der Waals surface area contributed by atoms with Crippen LogP contribution in [-0.4, -0.2) is 41.5 Å². The van der Waals surface area contributed by atoms with E-state index in [0.29, 0.717) is 0 Å². The lowest BCUT2D eigenvalue weighted by atomic mass is 10.1. The highest BCUT2D eigenvalue weighted by molar-refractivity contribution is 5.94. The first-order chi connectivity index (χ1) is 9.10. The minimum atomic E-state index is -0.319. The molecule has 1 atom stereocenters. The normalized spacial score (nSPS) is 20.2. The summed E-state index contributed by atoms with van der Waals surface area (Å²) in [4.78, 5) is 28.8. The van der Waals surface area contributed by atoms with Gasteiger partial charge in [-0.25, -0.2) is 0 Å². The number of carbonyl (C=O) groups is 1. The predicted molar refractivity (Wildman–Crippen MR) is 74.4 cm³/mol. The molecule has 19 heavy (non-hydrogen) atoms. The van der Waals surface area contributed by atoms with Crippen LogP contribution < -0.4 is 10.9 Å². The van der Waals surface area contributed by atoms with Crippen molar-refractivity contribution in [2.45, 2.75) is 32.7 Å². The third-order valence-corrected chi connectivity index (χ3v) is 3.59. The van der Waals surface area contributed by atoms with Gasteiger partial charge in [0.1, 0.15) is 5.56 Å². The summed E-state index contributed by atoms with van der Waals surface area (Å²) in [5, 5.41) is 2.96. The van der Waals surface area contributed by atoms with E-state index in [-0.39, 0.29) is 23.1 Å². The predicted octanol–water partition coefficient (Wildman–Crippen LogP) is 0.897. The zero-order valence-corrected chi connectivity index (χ0v) is 11.5. The summed E-state index contributed by atoms with van der Waals surface area (Å²) in [6.07, 6.45) is 2.06. The number of nitrogens with one attached hydrogen (secondary N) is 2. The first kappa shape index (κ1) is 13.8. The lowest BCUT2D eigenvalue weighted by Gasteiger charge is -2.32. The first-order valence-corrected chi connectivity index (χ1v) is 6.83. The number of pyridine rings is 1. The maximum atomic E-state index is 12.1. The molecule has 0 aliphatic carbocycles. The van der Waals surface area contributed by atoms with Crippen LogP contribution in [0.3, 0.4) is 0 Å². The highest BCUT2D eigenvalue weighted by Gasteiger charge is 2.21. The summed E-state index contributed by atoms with van der Waals surface area (Å²) in [6.45, 7) is 6.87. The Labute approximate surface area is 113 Å². The van der Waals surface area contributed by atoms with Crippen molar-refractivity contribution in [3.05, 3.63) is 33.7 Å². The summed E-state index contributed by atoms with van der Waals surface area (Å²) in [5.74, 6) is -0.274. The van der Waals surface area contributed by atoms with Gasteiger partial charge in [-0.05, 0) is 45.0 Å². The number of amides is 1. The number of nitrogens with zero attached hydrogens (tertiary/aromatic N) is 1. The fraction of sp³-hybridized carbons (Fsp3) is 0.571. The number of rotatable bonds is 3. The van der Waals surface area contributed by atoms with Gasteiger partial charge in [0.15, 0.2) is 0 Å². The van der Waals surface area contributed by atoms with Crippen LogP contribution in [-0.2, 0) is 0 Å². The monoisotopic (exact) mass is 263 g/mol. The topological polar surface area (TPSA) is 65.2 Å². The molecular weight excluding hydrogens is 242 g/mol. The number of likely N-dealkylation sites (tertiary alicyclic amines) is 1. The summed E-state index contributed by atoms with van der Waals surface area (Å²) in [5.41, 5.74) is 0.635. The van der Waals surface area contributed by atoms with E-state index >= 15 is 0 Å². The van der Waals surface area contributed by atoms with Gasteiger partial charge in [0, 0.05) is 18.3 Å². The van der Waals surface area contributed by atoms with Crippen molar-refractivity contribution in [2.75, 3.05) is 19.6 Å². The lowest BCUT2D eigenvalue weighted by Crippen LogP contribution is -2.48. The van der Waals surface area contributed by atoms with Gasteiger partial charge in [-0.15, -0.1) is 0 Å². The smallest absolute Gasteiger partial charge is 0.260 e. The molecule has 2 N–H and O–H groups in total. The number of carbonyl (C=O) groups excluding carboxylic acids is 1. The van der Waals surface area contributed by atoms with E-state index in [1.807, 2.05) is 0 Å². The number of aromatic amines is 1. The lowest BCUT2D eigenvalue weighted by molar-refractivity contribution is 0.0904. The molecule has 104 valence electrons. The molecular formula is C14H21N3O2. The van der Waals surface area contributed by atoms with Gasteiger partial charge >= 0.3 is 0 Å². The number of hydrogen-bond donors (Lipinski definition) is 2. The Hall–Kier alpha value is -1.62. The van der Waals surface area contributed by atoms with Gasteiger partial charge in [-0.2, -0.15) is 0 Å². The van der Waals surface area contributed by atoms with Crippen molar-refractivity contribution in [3.8, 4) is 0 Å². The zero-order chi connectivity index (χ0) is 13.8. The number of aromatic nitrogens is 1. The summed E-state index contributed by atoms with van der Waals surface area (Å²) in [6, 6.07) is 3.47. The number of hydrogen-bond acceptors (Lipinski definition) is 3. The zero-order valence-electron chi connectivity index (χ0n) is 11.5. The summed E-state index contributed by atoms with van der Waals surface area (Å²) in [7, 11) is 0.